The Hall–Kier alpha value is -1.11. The predicted octanol–water partition coefficient (Wildman–Crippen LogP) is 4.44. The maximum Gasteiger partial charge on any atom is 0.127 e. The van der Waals surface area contributed by atoms with Crippen LogP contribution in [-0.2, 0) is 7.05 Å². The van der Waals surface area contributed by atoms with E-state index in [4.69, 9.17) is 11.6 Å². The molecule has 2 aromatic heterocycles. The maximum atomic E-state index is 5.96. The lowest BCUT2D eigenvalue weighted by Gasteiger charge is -2.02. The van der Waals surface area contributed by atoms with Crippen molar-refractivity contribution in [3.05, 3.63) is 40.2 Å². The molecule has 98 valence electrons. The molecule has 2 heterocycles. The van der Waals surface area contributed by atoms with E-state index < -0.39 is 0 Å². The molecule has 19 heavy (non-hydrogen) atoms. The van der Waals surface area contributed by atoms with E-state index in [1.165, 1.54) is 11.9 Å². The van der Waals surface area contributed by atoms with Gasteiger partial charge in [-0.15, -0.1) is 0 Å². The number of hydrogen-bond donors (Lipinski definition) is 2. The molecule has 2 N–H and O–H groups in total. The molecule has 0 aliphatic rings. The zero-order valence-electron chi connectivity index (χ0n) is 9.95. The zero-order chi connectivity index (χ0) is 13.4. The highest BCUT2D eigenvalue weighted by atomic mass is 79.9. The van der Waals surface area contributed by atoms with Gasteiger partial charge >= 0.3 is 0 Å². The molecule has 0 spiro atoms. The lowest BCUT2D eigenvalue weighted by atomic mass is 10.2. The van der Waals surface area contributed by atoms with E-state index in [9.17, 15) is 0 Å². The number of rotatable bonds is 3. The first-order chi connectivity index (χ1) is 9.15. The third kappa shape index (κ3) is 2.48. The Bertz CT molecular complexity index is 736. The lowest BCUT2D eigenvalue weighted by molar-refractivity contribution is 0.750. The molecular weight excluding hydrogens is 348 g/mol. The largest absolute Gasteiger partial charge is 0.360 e. The van der Waals surface area contributed by atoms with Crippen molar-refractivity contribution in [2.75, 3.05) is 4.72 Å². The molecule has 7 heteroatoms. The zero-order valence-corrected chi connectivity index (χ0v) is 13.1. The second-order valence-corrected chi connectivity index (χ2v) is 6.06. The van der Waals surface area contributed by atoms with Gasteiger partial charge in [-0.05, 0) is 40.0 Å². The van der Waals surface area contributed by atoms with Gasteiger partial charge in [-0.2, -0.15) is 5.10 Å². The van der Waals surface area contributed by atoms with Crippen LogP contribution in [0.2, 0.25) is 5.02 Å². The first kappa shape index (κ1) is 12.9. The molecule has 3 aromatic rings. The number of fused-ring (bicyclic) bond motifs is 1. The Kier molecular flexibility index (Phi) is 3.47. The predicted molar refractivity (Wildman–Crippen MR) is 83.7 cm³/mol. The minimum Gasteiger partial charge on any atom is -0.360 e. The van der Waals surface area contributed by atoms with E-state index in [1.807, 2.05) is 31.4 Å². The van der Waals surface area contributed by atoms with Gasteiger partial charge in [0.2, 0.25) is 0 Å². The number of H-pyrrole nitrogens is 1. The number of halogens is 2. The fourth-order valence-electron chi connectivity index (χ4n) is 1.76. The van der Waals surface area contributed by atoms with Crippen molar-refractivity contribution in [3.63, 3.8) is 0 Å². The number of hydrogen-bond acceptors (Lipinski definition) is 3. The van der Waals surface area contributed by atoms with Crippen LogP contribution in [0.25, 0.3) is 10.9 Å². The van der Waals surface area contributed by atoms with Crippen molar-refractivity contribution in [2.45, 2.75) is 4.90 Å². The first-order valence-corrected chi connectivity index (χ1v) is 7.51. The Morgan fingerprint density at radius 2 is 2.32 bits per heavy atom. The second kappa shape index (κ2) is 5.11. The van der Waals surface area contributed by atoms with Crippen LogP contribution >= 0.6 is 39.5 Å². The van der Waals surface area contributed by atoms with Gasteiger partial charge in [-0.3, -0.25) is 4.68 Å². The molecule has 4 nitrogen and oxygen atoms in total. The minimum atomic E-state index is 0.730. The van der Waals surface area contributed by atoms with Gasteiger partial charge < -0.3 is 9.71 Å². The molecule has 0 amide bonds. The third-order valence-corrected chi connectivity index (χ3v) is 4.80. The number of nitrogens with one attached hydrogen (secondary N) is 2. The highest BCUT2D eigenvalue weighted by molar-refractivity contribution is 9.10. The summed E-state index contributed by atoms with van der Waals surface area (Å²) in [6, 6.07) is 5.82. The number of benzene rings is 1. The van der Waals surface area contributed by atoms with Gasteiger partial charge in [-0.1, -0.05) is 17.7 Å². The highest BCUT2D eigenvalue weighted by Crippen LogP contribution is 2.32. The SMILES string of the molecule is Cn1ncc(NSc2c[nH]c3cc(Cl)ccc23)c1Br. The summed E-state index contributed by atoms with van der Waals surface area (Å²) in [7, 11) is 1.88. The Morgan fingerprint density at radius 3 is 3.05 bits per heavy atom. The van der Waals surface area contributed by atoms with Crippen molar-refractivity contribution < 1.29 is 0 Å². The summed E-state index contributed by atoms with van der Waals surface area (Å²) in [5, 5.41) is 6.03. The van der Waals surface area contributed by atoms with Crippen LogP contribution in [-0.4, -0.2) is 14.8 Å². The molecule has 0 atom stereocenters. The van der Waals surface area contributed by atoms with Crippen molar-refractivity contribution in [1.82, 2.24) is 14.8 Å². The summed E-state index contributed by atoms with van der Waals surface area (Å²) in [6.45, 7) is 0. The van der Waals surface area contributed by atoms with Gasteiger partial charge in [0.1, 0.15) is 4.60 Å². The van der Waals surface area contributed by atoms with Gasteiger partial charge in [0.05, 0.1) is 16.8 Å². The third-order valence-electron chi connectivity index (χ3n) is 2.74. The standard InChI is InChI=1S/C12H10BrClN4S/c1-18-12(13)10(5-16-18)17-19-11-6-15-9-4-7(14)2-3-8(9)11/h2-6,15,17H,1H3. The summed E-state index contributed by atoms with van der Waals surface area (Å²) in [6.07, 6.45) is 3.74. The summed E-state index contributed by atoms with van der Waals surface area (Å²) in [4.78, 5) is 4.32. The average molecular weight is 358 g/mol. The molecule has 3 rings (SSSR count). The summed E-state index contributed by atoms with van der Waals surface area (Å²) >= 11 is 11.0. The quantitative estimate of drug-likeness (QED) is 0.681. The van der Waals surface area contributed by atoms with Crippen LogP contribution < -0.4 is 4.72 Å². The Labute approximate surface area is 127 Å². The van der Waals surface area contributed by atoms with Crippen molar-refractivity contribution in [3.8, 4) is 0 Å². The molecule has 0 aliphatic heterocycles. The molecule has 0 saturated heterocycles. The molecule has 0 saturated carbocycles. The van der Waals surface area contributed by atoms with Crippen LogP contribution in [0, 0.1) is 0 Å². The van der Waals surface area contributed by atoms with Crippen LogP contribution in [0.15, 0.2) is 40.1 Å². The van der Waals surface area contributed by atoms with Crippen LogP contribution in [0.4, 0.5) is 5.69 Å². The van der Waals surface area contributed by atoms with Crippen LogP contribution in [0.3, 0.4) is 0 Å². The number of anilines is 1. The normalized spacial score (nSPS) is 11.1. The molecular formula is C12H10BrClN4S. The number of aromatic amines is 1. The van der Waals surface area contributed by atoms with Crippen molar-refractivity contribution in [2.24, 2.45) is 7.05 Å². The van der Waals surface area contributed by atoms with E-state index in [2.05, 4.69) is 30.7 Å². The van der Waals surface area contributed by atoms with Gasteiger partial charge in [0.25, 0.3) is 0 Å². The van der Waals surface area contributed by atoms with E-state index in [-0.39, 0.29) is 0 Å². The number of aromatic nitrogens is 3. The van der Waals surface area contributed by atoms with Crippen LogP contribution in [0.1, 0.15) is 0 Å². The van der Waals surface area contributed by atoms with E-state index in [0.717, 1.165) is 31.1 Å². The Balaban J connectivity index is 1.84. The molecule has 0 radical (unpaired) electrons. The smallest absolute Gasteiger partial charge is 0.127 e. The summed E-state index contributed by atoms with van der Waals surface area (Å²) in [5.41, 5.74) is 1.97. The number of aryl methyl sites for hydroxylation is 1. The molecule has 0 bridgehead atoms. The van der Waals surface area contributed by atoms with E-state index in [1.54, 1.807) is 10.9 Å². The highest BCUT2D eigenvalue weighted by Gasteiger charge is 2.08. The molecule has 0 unspecified atom stereocenters. The van der Waals surface area contributed by atoms with Gasteiger partial charge in [0.15, 0.2) is 0 Å². The summed E-state index contributed by atoms with van der Waals surface area (Å²) < 4.78 is 5.96. The van der Waals surface area contributed by atoms with E-state index in [0.29, 0.717) is 0 Å². The van der Waals surface area contributed by atoms with Crippen molar-refractivity contribution in [1.29, 1.82) is 0 Å². The van der Waals surface area contributed by atoms with E-state index >= 15 is 0 Å². The Morgan fingerprint density at radius 1 is 1.47 bits per heavy atom. The molecule has 0 aliphatic carbocycles. The first-order valence-electron chi connectivity index (χ1n) is 5.52. The van der Waals surface area contributed by atoms with Crippen molar-refractivity contribution >= 4 is 56.1 Å². The van der Waals surface area contributed by atoms with Gasteiger partial charge in [-0.25, -0.2) is 0 Å². The number of nitrogens with zero attached hydrogens (tertiary/aromatic N) is 2. The lowest BCUT2D eigenvalue weighted by Crippen LogP contribution is -1.90. The second-order valence-electron chi connectivity index (χ2n) is 4.02. The maximum absolute atomic E-state index is 5.96. The monoisotopic (exact) mass is 356 g/mol. The fourth-order valence-corrected chi connectivity index (χ4v) is 3.13. The molecule has 0 fully saturated rings. The fraction of sp³-hybridized carbons (Fsp3) is 0.0833. The average Bonchev–Trinajstić information content (AvgIpc) is 2.93. The summed E-state index contributed by atoms with van der Waals surface area (Å²) in [5.74, 6) is 0. The van der Waals surface area contributed by atoms with Crippen LogP contribution in [0.5, 0.6) is 0 Å². The van der Waals surface area contributed by atoms with Gasteiger partial charge in [0, 0.05) is 29.2 Å². The minimum absolute atomic E-state index is 0.730. The topological polar surface area (TPSA) is 45.6 Å². The molecule has 1 aromatic carbocycles.